The van der Waals surface area contributed by atoms with E-state index < -0.39 is 5.60 Å². The lowest BCUT2D eigenvalue weighted by Crippen LogP contribution is -2.34. The van der Waals surface area contributed by atoms with Gasteiger partial charge in [-0.25, -0.2) is 0 Å². The van der Waals surface area contributed by atoms with Gasteiger partial charge in [-0.3, -0.25) is 4.79 Å². The molecule has 3 aromatic rings. The Balaban J connectivity index is 1.14. The number of carbonyl (C=O) groups excluding carboxylic acids is 1. The number of carbonyl (C=O) groups is 1. The fourth-order valence-electron chi connectivity index (χ4n) is 6.49. The molecule has 0 saturated carbocycles. The van der Waals surface area contributed by atoms with Gasteiger partial charge in [0.15, 0.2) is 0 Å². The molecule has 0 atom stereocenters. The van der Waals surface area contributed by atoms with Gasteiger partial charge >= 0.3 is 5.97 Å². The van der Waals surface area contributed by atoms with Gasteiger partial charge in [-0.15, -0.1) is 0 Å². The van der Waals surface area contributed by atoms with E-state index in [1.54, 1.807) is 0 Å². The van der Waals surface area contributed by atoms with Gasteiger partial charge in [0, 0.05) is 6.42 Å². The Hall–Kier alpha value is -3.03. The first-order chi connectivity index (χ1) is 25.3. The normalized spacial score (nSPS) is 11.5. The molecule has 0 saturated heterocycles. The molecule has 0 N–H and O–H groups in total. The van der Waals surface area contributed by atoms with E-state index in [0.717, 1.165) is 29.5 Å². The third-order valence-corrected chi connectivity index (χ3v) is 9.31. The molecular formula is C45H66O6. The molecule has 0 aliphatic heterocycles. The molecule has 0 bridgehead atoms. The molecule has 6 heteroatoms. The average Bonchev–Trinajstić information content (AvgIpc) is 3.17. The molecule has 0 heterocycles. The molecule has 0 aliphatic rings. The van der Waals surface area contributed by atoms with E-state index in [9.17, 15) is 4.79 Å². The van der Waals surface area contributed by atoms with E-state index in [1.807, 2.05) is 54.6 Å². The highest BCUT2D eigenvalue weighted by atomic mass is 16.6. The molecule has 51 heavy (non-hydrogen) atoms. The third kappa shape index (κ3) is 17.8. The van der Waals surface area contributed by atoms with Gasteiger partial charge in [0.2, 0.25) is 0 Å². The van der Waals surface area contributed by atoms with Gasteiger partial charge in [-0.1, -0.05) is 188 Å². The number of rotatable bonds is 32. The van der Waals surface area contributed by atoms with Crippen molar-refractivity contribution in [3.63, 3.8) is 0 Å². The second-order valence-corrected chi connectivity index (χ2v) is 13.4. The zero-order valence-corrected chi connectivity index (χ0v) is 31.6. The minimum Gasteiger partial charge on any atom is -0.463 e. The van der Waals surface area contributed by atoms with Gasteiger partial charge in [-0.05, 0) is 23.1 Å². The minimum atomic E-state index is -0.749. The van der Waals surface area contributed by atoms with Gasteiger partial charge < -0.3 is 23.7 Å². The summed E-state index contributed by atoms with van der Waals surface area (Å²) in [5.74, 6) is -0.126. The molecule has 0 aliphatic carbocycles. The zero-order valence-electron chi connectivity index (χ0n) is 31.6. The molecule has 0 amide bonds. The second kappa shape index (κ2) is 28.5. The Morgan fingerprint density at radius 2 is 0.765 bits per heavy atom. The van der Waals surface area contributed by atoms with Gasteiger partial charge in [0.25, 0.3) is 0 Å². The van der Waals surface area contributed by atoms with Crippen molar-refractivity contribution in [1.29, 1.82) is 0 Å². The van der Waals surface area contributed by atoms with Crippen molar-refractivity contribution in [2.45, 2.75) is 115 Å². The van der Waals surface area contributed by atoms with Crippen molar-refractivity contribution in [1.82, 2.24) is 0 Å². The summed E-state index contributed by atoms with van der Waals surface area (Å²) in [6.07, 6.45) is 20.3. The van der Waals surface area contributed by atoms with Crippen LogP contribution in [-0.2, 0) is 34.1 Å². The average molecular weight is 703 g/mol. The second-order valence-electron chi connectivity index (χ2n) is 13.4. The van der Waals surface area contributed by atoms with Crippen LogP contribution in [0.3, 0.4) is 0 Å². The first-order valence-corrected chi connectivity index (χ1v) is 20.0. The van der Waals surface area contributed by atoms with E-state index in [2.05, 4.69) is 43.3 Å². The predicted molar refractivity (Wildman–Crippen MR) is 208 cm³/mol. The Bertz CT molecular complexity index is 1120. The summed E-state index contributed by atoms with van der Waals surface area (Å²) in [5.41, 5.74) is 2.46. The smallest absolute Gasteiger partial charge is 0.305 e. The summed E-state index contributed by atoms with van der Waals surface area (Å²) in [6, 6.07) is 31.0. The summed E-state index contributed by atoms with van der Waals surface area (Å²) >= 11 is 0. The number of unbranched alkanes of at least 4 members (excludes halogenated alkanes) is 14. The molecule has 3 aromatic carbocycles. The maximum Gasteiger partial charge on any atom is 0.305 e. The van der Waals surface area contributed by atoms with Crippen LogP contribution in [0.2, 0.25) is 0 Å². The summed E-state index contributed by atoms with van der Waals surface area (Å²) in [6.45, 7) is 5.66. The number of hydrogen-bond donors (Lipinski definition) is 0. The fourth-order valence-corrected chi connectivity index (χ4v) is 6.49. The first kappa shape index (κ1) is 42.4. The molecular weight excluding hydrogens is 636 g/mol. The largest absolute Gasteiger partial charge is 0.463 e. The molecule has 0 fully saturated rings. The van der Waals surface area contributed by atoms with Crippen LogP contribution in [0.25, 0.3) is 0 Å². The fraction of sp³-hybridized carbons (Fsp3) is 0.578. The van der Waals surface area contributed by atoms with E-state index in [-0.39, 0.29) is 12.6 Å². The monoisotopic (exact) mass is 702 g/mol. The first-order valence-electron chi connectivity index (χ1n) is 20.0. The predicted octanol–water partition coefficient (Wildman–Crippen LogP) is 10.8. The van der Waals surface area contributed by atoms with Gasteiger partial charge in [0.05, 0.1) is 46.2 Å². The molecule has 282 valence electrons. The standard InChI is InChI=1S/C45H66O6/c1-2-3-4-5-6-7-8-9-10-11-12-13-14-15-25-32-44(46)50-39-37-48-35-33-47-34-36-49-38-40-51-45(41-26-19-16-20-27-41,42-28-21-17-22-29-42)43-30-23-18-24-31-43/h16-24,26-31H,2-15,25,32-40H2,1H3. The lowest BCUT2D eigenvalue weighted by Gasteiger charge is -2.36. The SMILES string of the molecule is CCCCCCCCCCCCCCCCCC(=O)OCCOCCOCCOCCOC(c1ccccc1)(c1ccccc1)c1ccccc1. The summed E-state index contributed by atoms with van der Waals surface area (Å²) in [5, 5.41) is 0. The van der Waals surface area contributed by atoms with Crippen LogP contribution in [-0.4, -0.2) is 58.8 Å². The van der Waals surface area contributed by atoms with Crippen molar-refractivity contribution in [2.24, 2.45) is 0 Å². The van der Waals surface area contributed by atoms with Crippen LogP contribution < -0.4 is 0 Å². The number of esters is 1. The van der Waals surface area contributed by atoms with Crippen LogP contribution in [0.4, 0.5) is 0 Å². The van der Waals surface area contributed by atoms with E-state index in [1.165, 1.54) is 83.5 Å². The lowest BCUT2D eigenvalue weighted by molar-refractivity contribution is -0.145. The number of hydrogen-bond acceptors (Lipinski definition) is 6. The van der Waals surface area contributed by atoms with E-state index in [0.29, 0.717) is 52.7 Å². The highest BCUT2D eigenvalue weighted by molar-refractivity contribution is 5.69. The van der Waals surface area contributed by atoms with Crippen LogP contribution >= 0.6 is 0 Å². The van der Waals surface area contributed by atoms with E-state index >= 15 is 0 Å². The Labute approximate surface area is 309 Å². The quantitative estimate of drug-likeness (QED) is 0.0367. The highest BCUT2D eigenvalue weighted by Gasteiger charge is 2.37. The molecule has 0 aromatic heterocycles. The highest BCUT2D eigenvalue weighted by Crippen LogP contribution is 2.40. The molecule has 0 unspecified atom stereocenters. The molecule has 3 rings (SSSR count). The van der Waals surface area contributed by atoms with E-state index in [4.69, 9.17) is 23.7 Å². The lowest BCUT2D eigenvalue weighted by atomic mass is 9.80. The Kier molecular flexibility index (Phi) is 23.7. The topological polar surface area (TPSA) is 63.2 Å². The van der Waals surface area contributed by atoms with Crippen LogP contribution in [0, 0.1) is 0 Å². The number of benzene rings is 3. The maximum atomic E-state index is 12.0. The molecule has 0 spiro atoms. The molecule has 6 nitrogen and oxygen atoms in total. The van der Waals surface area contributed by atoms with Crippen molar-refractivity contribution in [3.05, 3.63) is 108 Å². The van der Waals surface area contributed by atoms with Crippen molar-refractivity contribution in [3.8, 4) is 0 Å². The Morgan fingerprint density at radius 3 is 1.16 bits per heavy atom. The van der Waals surface area contributed by atoms with Crippen LogP contribution in [0.5, 0.6) is 0 Å². The molecule has 0 radical (unpaired) electrons. The maximum absolute atomic E-state index is 12.0. The Morgan fingerprint density at radius 1 is 0.431 bits per heavy atom. The summed E-state index contributed by atoms with van der Waals surface area (Å²) in [7, 11) is 0. The van der Waals surface area contributed by atoms with Gasteiger partial charge in [0.1, 0.15) is 12.2 Å². The van der Waals surface area contributed by atoms with Crippen LogP contribution in [0.1, 0.15) is 126 Å². The van der Waals surface area contributed by atoms with Crippen molar-refractivity contribution in [2.75, 3.05) is 52.9 Å². The van der Waals surface area contributed by atoms with Crippen molar-refractivity contribution < 1.29 is 28.5 Å². The summed E-state index contributed by atoms with van der Waals surface area (Å²) in [4.78, 5) is 12.0. The zero-order chi connectivity index (χ0) is 35.9. The third-order valence-electron chi connectivity index (χ3n) is 9.31. The number of ether oxygens (including phenoxy) is 5. The summed E-state index contributed by atoms with van der Waals surface area (Å²) < 4.78 is 29.1. The minimum absolute atomic E-state index is 0.126. The van der Waals surface area contributed by atoms with Crippen LogP contribution in [0.15, 0.2) is 91.0 Å². The van der Waals surface area contributed by atoms with Crippen molar-refractivity contribution >= 4 is 5.97 Å². The van der Waals surface area contributed by atoms with Gasteiger partial charge in [-0.2, -0.15) is 0 Å².